The molecule has 6 heteroatoms. The van der Waals surface area contributed by atoms with Crippen molar-refractivity contribution in [2.24, 2.45) is 0 Å². The molecule has 5 rings (SSSR count). The molecule has 0 aliphatic heterocycles. The highest BCUT2D eigenvalue weighted by Gasteiger charge is 2.14. The van der Waals surface area contributed by atoms with Crippen LogP contribution in [0, 0.1) is 0 Å². The average molecular weight is 479 g/mol. The van der Waals surface area contributed by atoms with Crippen LogP contribution < -0.4 is 0 Å². The van der Waals surface area contributed by atoms with Gasteiger partial charge in [0.15, 0.2) is 0 Å². The predicted molar refractivity (Wildman–Crippen MR) is 141 cm³/mol. The zero-order chi connectivity index (χ0) is 24.9. The number of rotatable bonds is 9. The summed E-state index contributed by atoms with van der Waals surface area (Å²) in [5.41, 5.74) is 6.12. The summed E-state index contributed by atoms with van der Waals surface area (Å²) in [6.45, 7) is 6.62. The highest BCUT2D eigenvalue weighted by atomic mass is 16.4. The normalized spacial score (nSPS) is 12.1. The van der Waals surface area contributed by atoms with Crippen LogP contribution in [0.5, 0.6) is 0 Å². The molecule has 0 amide bonds. The smallest absolute Gasteiger partial charge is 0.248 e. The zero-order valence-electron chi connectivity index (χ0n) is 20.9. The molecule has 0 aliphatic carbocycles. The van der Waals surface area contributed by atoms with E-state index in [0.717, 1.165) is 35.1 Å². The van der Waals surface area contributed by atoms with E-state index >= 15 is 0 Å². The molecule has 0 N–H and O–H groups in total. The molecule has 0 fully saturated rings. The van der Waals surface area contributed by atoms with Crippen LogP contribution in [-0.2, 0) is 6.42 Å². The molecule has 0 saturated heterocycles. The maximum atomic E-state index is 5.95. The predicted octanol–water partition coefficient (Wildman–Crippen LogP) is 7.98. The third-order valence-corrected chi connectivity index (χ3v) is 6.59. The first-order valence-corrected chi connectivity index (χ1v) is 12.6. The van der Waals surface area contributed by atoms with Gasteiger partial charge in [-0.1, -0.05) is 51.5 Å². The zero-order valence-corrected chi connectivity index (χ0v) is 20.9. The van der Waals surface area contributed by atoms with Crippen LogP contribution in [-0.4, -0.2) is 20.4 Å². The maximum absolute atomic E-state index is 5.95. The molecular weight excluding hydrogens is 448 g/mol. The van der Waals surface area contributed by atoms with E-state index in [1.54, 1.807) is 0 Å². The second-order valence-corrected chi connectivity index (χ2v) is 9.13. The van der Waals surface area contributed by atoms with Crippen LogP contribution in [0.2, 0.25) is 0 Å². The summed E-state index contributed by atoms with van der Waals surface area (Å²) >= 11 is 0. The molecule has 0 saturated carbocycles. The number of unbranched alkanes of at least 4 members (excludes halogenated alkanes) is 1. The van der Waals surface area contributed by atoms with Gasteiger partial charge in [0.25, 0.3) is 0 Å². The monoisotopic (exact) mass is 478 g/mol. The molecule has 1 atom stereocenters. The van der Waals surface area contributed by atoms with Crippen LogP contribution in [0.3, 0.4) is 0 Å². The molecule has 2 heterocycles. The van der Waals surface area contributed by atoms with Gasteiger partial charge < -0.3 is 8.83 Å². The fourth-order valence-corrected chi connectivity index (χ4v) is 4.05. The topological polar surface area (TPSA) is 77.8 Å². The highest BCUT2D eigenvalue weighted by molar-refractivity contribution is 5.64. The van der Waals surface area contributed by atoms with Gasteiger partial charge in [0.05, 0.1) is 0 Å². The summed E-state index contributed by atoms with van der Waals surface area (Å²) < 4.78 is 11.9. The number of benzene rings is 3. The van der Waals surface area contributed by atoms with Crippen molar-refractivity contribution in [3.63, 3.8) is 0 Å². The van der Waals surface area contributed by atoms with Crippen molar-refractivity contribution in [3.05, 3.63) is 83.9 Å². The van der Waals surface area contributed by atoms with Gasteiger partial charge in [-0.25, -0.2) is 0 Å². The van der Waals surface area contributed by atoms with Gasteiger partial charge in [-0.05, 0) is 84.8 Å². The second-order valence-electron chi connectivity index (χ2n) is 9.13. The first-order chi connectivity index (χ1) is 17.6. The molecule has 0 aliphatic rings. The van der Waals surface area contributed by atoms with E-state index in [-0.39, 0.29) is 0 Å². The van der Waals surface area contributed by atoms with Crippen molar-refractivity contribution in [1.29, 1.82) is 0 Å². The molecule has 36 heavy (non-hydrogen) atoms. The van der Waals surface area contributed by atoms with E-state index < -0.39 is 0 Å². The van der Waals surface area contributed by atoms with Gasteiger partial charge in [-0.3, -0.25) is 0 Å². The summed E-state index contributed by atoms with van der Waals surface area (Å²) in [7, 11) is 0. The standard InChI is InChI=1S/C30H30N4O2/c1-4-6-7-21-8-10-23(11-9-21)27-31-33-29(35-27)25-16-18-26(19-17-25)30-34-32-28(36-30)24-14-12-22(13-15-24)20(3)5-2/h8-20H,4-7H2,1-3H3. The summed E-state index contributed by atoms with van der Waals surface area (Å²) in [5.74, 6) is 2.49. The Kier molecular flexibility index (Phi) is 7.03. The first kappa shape index (κ1) is 23.7. The van der Waals surface area contributed by atoms with Crippen molar-refractivity contribution in [3.8, 4) is 45.8 Å². The number of hydrogen-bond acceptors (Lipinski definition) is 6. The van der Waals surface area contributed by atoms with Gasteiger partial charge in [-0.15, -0.1) is 20.4 Å². The number of hydrogen-bond donors (Lipinski definition) is 0. The van der Waals surface area contributed by atoms with Gasteiger partial charge in [-0.2, -0.15) is 0 Å². The minimum Gasteiger partial charge on any atom is -0.416 e. The molecule has 1 unspecified atom stereocenters. The lowest BCUT2D eigenvalue weighted by Crippen LogP contribution is -1.90. The van der Waals surface area contributed by atoms with Crippen molar-refractivity contribution < 1.29 is 8.83 Å². The van der Waals surface area contributed by atoms with E-state index in [9.17, 15) is 0 Å². The molecule has 2 aromatic heterocycles. The van der Waals surface area contributed by atoms with Crippen LogP contribution in [0.4, 0.5) is 0 Å². The Morgan fingerprint density at radius 2 is 0.972 bits per heavy atom. The van der Waals surface area contributed by atoms with E-state index in [2.05, 4.69) is 65.4 Å². The molecule has 3 aromatic carbocycles. The lowest BCUT2D eigenvalue weighted by atomic mass is 9.98. The quantitative estimate of drug-likeness (QED) is 0.214. The lowest BCUT2D eigenvalue weighted by molar-refractivity contribution is 0.582. The summed E-state index contributed by atoms with van der Waals surface area (Å²) in [6.07, 6.45) is 4.57. The van der Waals surface area contributed by atoms with Gasteiger partial charge in [0, 0.05) is 22.3 Å². The molecule has 5 aromatic rings. The van der Waals surface area contributed by atoms with Gasteiger partial charge in [0.2, 0.25) is 23.6 Å². The van der Waals surface area contributed by atoms with Gasteiger partial charge in [0.1, 0.15) is 0 Å². The van der Waals surface area contributed by atoms with Crippen LogP contribution in [0.25, 0.3) is 45.8 Å². The van der Waals surface area contributed by atoms with Crippen LogP contribution in [0.15, 0.2) is 81.6 Å². The average Bonchev–Trinajstić information content (AvgIpc) is 3.63. The Morgan fingerprint density at radius 3 is 1.36 bits per heavy atom. The largest absolute Gasteiger partial charge is 0.416 e. The second kappa shape index (κ2) is 10.7. The summed E-state index contributed by atoms with van der Waals surface area (Å²) in [4.78, 5) is 0. The Labute approximate surface area is 211 Å². The fourth-order valence-electron chi connectivity index (χ4n) is 4.05. The number of aromatic nitrogens is 4. The third-order valence-electron chi connectivity index (χ3n) is 6.59. The minimum atomic E-state index is 0.469. The van der Waals surface area contributed by atoms with Crippen molar-refractivity contribution >= 4 is 0 Å². The molecule has 0 bridgehead atoms. The van der Waals surface area contributed by atoms with Crippen molar-refractivity contribution in [2.45, 2.75) is 52.4 Å². The minimum absolute atomic E-state index is 0.469. The first-order valence-electron chi connectivity index (χ1n) is 12.6. The van der Waals surface area contributed by atoms with Crippen LogP contribution >= 0.6 is 0 Å². The van der Waals surface area contributed by atoms with Crippen LogP contribution in [0.1, 0.15) is 57.1 Å². The van der Waals surface area contributed by atoms with E-state index in [4.69, 9.17) is 8.83 Å². The number of aryl methyl sites for hydroxylation is 1. The molecule has 0 spiro atoms. The maximum Gasteiger partial charge on any atom is 0.248 e. The molecule has 0 radical (unpaired) electrons. The molecular formula is C30H30N4O2. The third kappa shape index (κ3) is 5.13. The Hall–Kier alpha value is -4.06. The van der Waals surface area contributed by atoms with E-state index in [0.29, 0.717) is 29.5 Å². The Balaban J connectivity index is 1.29. The van der Waals surface area contributed by atoms with E-state index in [1.807, 2.05) is 48.5 Å². The van der Waals surface area contributed by atoms with Crippen molar-refractivity contribution in [1.82, 2.24) is 20.4 Å². The van der Waals surface area contributed by atoms with Crippen molar-refractivity contribution in [2.75, 3.05) is 0 Å². The van der Waals surface area contributed by atoms with Gasteiger partial charge >= 0.3 is 0 Å². The number of nitrogens with zero attached hydrogens (tertiary/aromatic N) is 4. The lowest BCUT2D eigenvalue weighted by Gasteiger charge is -2.08. The van der Waals surface area contributed by atoms with E-state index in [1.165, 1.54) is 24.0 Å². The Bertz CT molecular complexity index is 1400. The summed E-state index contributed by atoms with van der Waals surface area (Å²) in [5, 5.41) is 17.0. The molecule has 182 valence electrons. The highest BCUT2D eigenvalue weighted by Crippen LogP contribution is 2.29. The molecule has 6 nitrogen and oxygen atoms in total. The Morgan fingerprint density at radius 1 is 0.583 bits per heavy atom. The summed E-state index contributed by atoms with van der Waals surface area (Å²) in [6, 6.07) is 24.3. The fraction of sp³-hybridized carbons (Fsp3) is 0.267. The SMILES string of the molecule is CCCCc1ccc(-c2nnc(-c3ccc(-c4nnc(-c5ccc(C(C)CC)cc5)o4)cc3)o2)cc1.